The van der Waals surface area contributed by atoms with Gasteiger partial charge in [0.25, 0.3) is 0 Å². The molecule has 0 amide bonds. The van der Waals surface area contributed by atoms with Gasteiger partial charge in [-0.15, -0.1) is 0 Å². The standard InChI is InChI=1S/C24H33NO6/c1-10(2)19(28)31-12-6-21(4)9-25(30)13-8-22-5-11(3)14-15(26)17(22)23(7-12,16(13)21)20(25)24(22,29)18(14)27/h10,12-18,20,26-27,29H,3,5-9H2,1-2,4H3/t12-,13-,14+,15+,16+,17+,18+,20-,21-,22+,23-,24-,25-/m0/s1. The summed E-state index contributed by atoms with van der Waals surface area (Å²) in [5, 5.41) is 49.8. The zero-order chi connectivity index (χ0) is 22.1. The number of hydrogen-bond donors (Lipinski definition) is 3. The van der Waals surface area contributed by atoms with Gasteiger partial charge in [-0.25, -0.2) is 0 Å². The zero-order valence-corrected chi connectivity index (χ0v) is 18.5. The predicted molar refractivity (Wildman–Crippen MR) is 109 cm³/mol. The molecule has 0 unspecified atom stereocenters. The number of aliphatic hydroxyl groups is 3. The highest BCUT2D eigenvalue weighted by atomic mass is 16.6. The van der Waals surface area contributed by atoms with Crippen LogP contribution in [0.2, 0.25) is 0 Å². The number of quaternary nitrogens is 1. The molecule has 31 heavy (non-hydrogen) atoms. The number of carbonyl (C=O) groups is 1. The Morgan fingerprint density at radius 3 is 2.65 bits per heavy atom. The topological polar surface area (TPSA) is 110 Å². The molecule has 13 atom stereocenters. The molecule has 3 aliphatic heterocycles. The SMILES string of the molecule is C=C1C[C@@]23C[C@H]4[C@@H]5[C@@]6(C)C[C@H](OC(=O)C(C)C)C[C@@]57[C@@H]2[C@H](O)[C@@H]1[C@@H](O)[C@]3(O)[C@H]7[N@+]4([O-])C6. The molecule has 170 valence electrons. The minimum atomic E-state index is -1.51. The smallest absolute Gasteiger partial charge is 0.308 e. The highest BCUT2D eigenvalue weighted by Crippen LogP contribution is 2.89. The minimum absolute atomic E-state index is 0.0793. The van der Waals surface area contributed by atoms with E-state index in [0.717, 1.165) is 5.57 Å². The second-order valence-electron chi connectivity index (χ2n) is 12.8. The highest BCUT2D eigenvalue weighted by molar-refractivity contribution is 5.71. The van der Waals surface area contributed by atoms with Crippen LogP contribution in [0.3, 0.4) is 0 Å². The Morgan fingerprint density at radius 1 is 1.26 bits per heavy atom. The molecule has 3 saturated heterocycles. The Hall–Kier alpha value is -0.990. The third-order valence-corrected chi connectivity index (χ3v) is 11.3. The van der Waals surface area contributed by atoms with E-state index in [0.29, 0.717) is 32.2 Å². The molecule has 3 heterocycles. The molecule has 7 nitrogen and oxygen atoms in total. The molecule has 0 aromatic carbocycles. The summed E-state index contributed by atoms with van der Waals surface area (Å²) >= 11 is 0. The molecule has 3 N–H and O–H groups in total. The lowest BCUT2D eigenvalue weighted by atomic mass is 9.39. The third kappa shape index (κ3) is 1.57. The minimum Gasteiger partial charge on any atom is -0.632 e. The fourth-order valence-corrected chi connectivity index (χ4v) is 11.4. The van der Waals surface area contributed by atoms with Gasteiger partial charge in [-0.1, -0.05) is 32.9 Å². The van der Waals surface area contributed by atoms with Crippen LogP contribution in [0.4, 0.5) is 0 Å². The molecular formula is C24H33NO6. The first-order chi connectivity index (χ1) is 14.4. The van der Waals surface area contributed by atoms with Crippen molar-refractivity contribution >= 4 is 5.97 Å². The highest BCUT2D eigenvalue weighted by Gasteiger charge is 2.99. The number of fused-ring (bicyclic) bond motifs is 1. The van der Waals surface area contributed by atoms with Crippen molar-refractivity contribution in [3.63, 3.8) is 0 Å². The van der Waals surface area contributed by atoms with Crippen molar-refractivity contribution in [2.75, 3.05) is 6.54 Å². The van der Waals surface area contributed by atoms with Gasteiger partial charge >= 0.3 is 5.97 Å². The fourth-order valence-electron chi connectivity index (χ4n) is 11.4. The quantitative estimate of drug-likeness (QED) is 0.261. The van der Waals surface area contributed by atoms with Crippen molar-refractivity contribution in [3.05, 3.63) is 17.4 Å². The van der Waals surface area contributed by atoms with E-state index < -0.39 is 45.2 Å². The number of aliphatic hydroxyl groups excluding tert-OH is 2. The lowest BCUT2D eigenvalue weighted by Crippen LogP contribution is -2.79. The summed E-state index contributed by atoms with van der Waals surface area (Å²) in [5.74, 6) is -1.24. The summed E-state index contributed by atoms with van der Waals surface area (Å²) < 4.78 is 5.52. The molecule has 9 aliphatic rings. The molecule has 0 radical (unpaired) electrons. The lowest BCUT2D eigenvalue weighted by molar-refractivity contribution is -0.929. The van der Waals surface area contributed by atoms with Crippen LogP contribution in [0.1, 0.15) is 46.5 Å². The van der Waals surface area contributed by atoms with Crippen LogP contribution in [0.25, 0.3) is 0 Å². The van der Waals surface area contributed by atoms with Crippen molar-refractivity contribution in [2.45, 2.75) is 82.5 Å². The van der Waals surface area contributed by atoms with Crippen LogP contribution in [-0.4, -0.2) is 68.5 Å². The van der Waals surface area contributed by atoms with Crippen LogP contribution in [0.15, 0.2) is 12.2 Å². The number of piperidine rings is 2. The van der Waals surface area contributed by atoms with Crippen molar-refractivity contribution in [1.82, 2.24) is 0 Å². The van der Waals surface area contributed by atoms with Gasteiger partial charge in [0, 0.05) is 40.4 Å². The molecule has 6 aliphatic carbocycles. The number of esters is 1. The van der Waals surface area contributed by atoms with Gasteiger partial charge in [-0.2, -0.15) is 0 Å². The van der Waals surface area contributed by atoms with E-state index in [1.807, 2.05) is 13.8 Å². The van der Waals surface area contributed by atoms with Gasteiger partial charge in [0.2, 0.25) is 0 Å². The summed E-state index contributed by atoms with van der Waals surface area (Å²) in [4.78, 5) is 12.5. The van der Waals surface area contributed by atoms with E-state index in [9.17, 15) is 25.3 Å². The number of ether oxygens (including phenoxy) is 1. The van der Waals surface area contributed by atoms with E-state index in [1.165, 1.54) is 0 Å². The molecular weight excluding hydrogens is 398 g/mol. The summed E-state index contributed by atoms with van der Waals surface area (Å²) in [6.07, 6.45) is -0.0239. The van der Waals surface area contributed by atoms with E-state index in [1.54, 1.807) is 0 Å². The zero-order valence-electron chi connectivity index (χ0n) is 18.5. The van der Waals surface area contributed by atoms with Crippen LogP contribution >= 0.6 is 0 Å². The van der Waals surface area contributed by atoms with Crippen molar-refractivity contribution in [3.8, 4) is 0 Å². The van der Waals surface area contributed by atoms with Gasteiger partial charge in [-0.3, -0.25) is 4.79 Å². The van der Waals surface area contributed by atoms with Crippen molar-refractivity contribution < 1.29 is 29.5 Å². The van der Waals surface area contributed by atoms with Crippen molar-refractivity contribution in [1.29, 1.82) is 0 Å². The third-order valence-electron chi connectivity index (χ3n) is 11.3. The number of hydroxylamine groups is 3. The van der Waals surface area contributed by atoms with Gasteiger partial charge in [0.15, 0.2) is 0 Å². The first-order valence-electron chi connectivity index (χ1n) is 11.9. The molecule has 9 fully saturated rings. The van der Waals surface area contributed by atoms with Gasteiger partial charge in [0.1, 0.15) is 17.7 Å². The second-order valence-corrected chi connectivity index (χ2v) is 12.8. The van der Waals surface area contributed by atoms with E-state index >= 15 is 0 Å². The molecule has 0 aromatic heterocycles. The Labute approximate surface area is 182 Å². The molecule has 9 bridgehead atoms. The summed E-state index contributed by atoms with van der Waals surface area (Å²) in [7, 11) is 0. The Kier molecular flexibility index (Phi) is 3.09. The summed E-state index contributed by atoms with van der Waals surface area (Å²) in [5.41, 5.74) is -2.31. The van der Waals surface area contributed by atoms with E-state index in [4.69, 9.17) is 4.74 Å². The molecule has 2 spiro atoms. The number of rotatable bonds is 2. The van der Waals surface area contributed by atoms with E-state index in [2.05, 4.69) is 13.5 Å². The average molecular weight is 432 g/mol. The summed E-state index contributed by atoms with van der Waals surface area (Å²) in [6, 6.07) is -0.778. The van der Waals surface area contributed by atoms with Crippen LogP contribution in [0, 0.1) is 45.1 Å². The summed E-state index contributed by atoms with van der Waals surface area (Å²) in [6.45, 7) is 10.3. The first kappa shape index (κ1) is 19.5. The maximum Gasteiger partial charge on any atom is 0.308 e. The maximum absolute atomic E-state index is 14.6. The van der Waals surface area contributed by atoms with Crippen LogP contribution in [0.5, 0.6) is 0 Å². The normalized spacial score (nSPS) is 66.4. The fraction of sp³-hybridized carbons (Fsp3) is 0.875. The van der Waals surface area contributed by atoms with Crippen molar-refractivity contribution in [2.24, 2.45) is 39.9 Å². The molecule has 6 saturated carbocycles. The largest absolute Gasteiger partial charge is 0.632 e. The number of nitrogens with zero attached hydrogens (tertiary/aromatic N) is 1. The number of hydrogen-bond acceptors (Lipinski definition) is 6. The van der Waals surface area contributed by atoms with Gasteiger partial charge < -0.3 is 29.9 Å². The van der Waals surface area contributed by atoms with Gasteiger partial charge in [-0.05, 0) is 19.3 Å². The predicted octanol–water partition coefficient (Wildman–Crippen LogP) is 1.10. The first-order valence-corrected chi connectivity index (χ1v) is 11.9. The Morgan fingerprint density at radius 2 is 1.97 bits per heavy atom. The maximum atomic E-state index is 14.6. The number of carbonyl (C=O) groups excluding carboxylic acids is 1. The van der Waals surface area contributed by atoms with Gasteiger partial charge in [0.05, 0.1) is 30.7 Å². The average Bonchev–Trinajstić information content (AvgIpc) is 2.99. The van der Waals surface area contributed by atoms with Crippen LogP contribution < -0.4 is 0 Å². The molecule has 9 rings (SSSR count). The second kappa shape index (κ2) is 4.92. The van der Waals surface area contributed by atoms with E-state index in [-0.39, 0.29) is 41.3 Å². The van der Waals surface area contributed by atoms with Crippen LogP contribution in [-0.2, 0) is 9.53 Å². The monoisotopic (exact) mass is 431 g/mol. The molecule has 0 aromatic rings. The Balaban J connectivity index is 1.45. The Bertz CT molecular complexity index is 952. The molecule has 7 heteroatoms. The lowest BCUT2D eigenvalue weighted by Gasteiger charge is -2.68.